The number of H-pyrrole nitrogens is 1. The lowest BCUT2D eigenvalue weighted by molar-refractivity contribution is -0.120. The molecule has 18 heavy (non-hydrogen) atoms. The zero-order valence-corrected chi connectivity index (χ0v) is 10.7. The van der Waals surface area contributed by atoms with E-state index in [9.17, 15) is 4.79 Å². The first kappa shape index (κ1) is 12.6. The Morgan fingerprint density at radius 2 is 2.33 bits per heavy atom. The number of aromatic amines is 1. The molecule has 5 nitrogen and oxygen atoms in total. The van der Waals surface area contributed by atoms with Crippen LogP contribution in [0.25, 0.3) is 10.9 Å². The molecule has 0 spiro atoms. The van der Waals surface area contributed by atoms with Gasteiger partial charge in [0.2, 0.25) is 5.91 Å². The predicted molar refractivity (Wildman–Crippen MR) is 72.2 cm³/mol. The van der Waals surface area contributed by atoms with E-state index < -0.39 is 5.54 Å². The van der Waals surface area contributed by atoms with Gasteiger partial charge in [0.05, 0.1) is 17.3 Å². The molecule has 0 fully saturated rings. The number of amides is 1. The summed E-state index contributed by atoms with van der Waals surface area (Å²) >= 11 is 0. The van der Waals surface area contributed by atoms with E-state index in [0.29, 0.717) is 6.42 Å². The van der Waals surface area contributed by atoms with Gasteiger partial charge in [-0.05, 0) is 31.5 Å². The van der Waals surface area contributed by atoms with Crippen LogP contribution in [-0.4, -0.2) is 21.6 Å². The summed E-state index contributed by atoms with van der Waals surface area (Å²) in [6.07, 6.45) is 3.27. The Balaban J connectivity index is 2.15. The molecular weight excluding hydrogens is 228 g/mol. The number of nitrogens with zero attached hydrogens (tertiary/aromatic N) is 1. The number of hydrogen-bond donors (Lipinski definition) is 3. The average Bonchev–Trinajstić information content (AvgIpc) is 2.76. The van der Waals surface area contributed by atoms with Crippen LogP contribution >= 0.6 is 0 Å². The van der Waals surface area contributed by atoms with Crippen molar-refractivity contribution in [3.05, 3.63) is 24.4 Å². The van der Waals surface area contributed by atoms with Crippen LogP contribution in [-0.2, 0) is 4.79 Å². The van der Waals surface area contributed by atoms with Crippen LogP contribution in [0.2, 0.25) is 0 Å². The Morgan fingerprint density at radius 1 is 1.56 bits per heavy atom. The highest BCUT2D eigenvalue weighted by molar-refractivity contribution is 5.99. The number of hydrogen-bond acceptors (Lipinski definition) is 3. The molecule has 1 aromatic heterocycles. The van der Waals surface area contributed by atoms with Crippen LogP contribution in [0.1, 0.15) is 26.7 Å². The average molecular weight is 246 g/mol. The molecule has 2 aromatic rings. The molecule has 1 atom stereocenters. The summed E-state index contributed by atoms with van der Waals surface area (Å²) in [4.78, 5) is 12.0. The fourth-order valence-electron chi connectivity index (χ4n) is 1.92. The first-order valence-corrected chi connectivity index (χ1v) is 6.06. The van der Waals surface area contributed by atoms with Gasteiger partial charge in [-0.3, -0.25) is 9.89 Å². The molecule has 96 valence electrons. The number of nitrogens with one attached hydrogen (secondary N) is 2. The van der Waals surface area contributed by atoms with Gasteiger partial charge >= 0.3 is 0 Å². The molecule has 5 heteroatoms. The standard InChI is InChI=1S/C13H18N4O/c1-3-6-13(2,14)12(18)16-10-5-4-9-8-15-17-11(9)7-10/h4-5,7-8H,3,6,14H2,1-2H3,(H,15,17)(H,16,18). The quantitative estimate of drug-likeness (QED) is 0.771. The second-order valence-electron chi connectivity index (χ2n) is 4.79. The zero-order valence-electron chi connectivity index (χ0n) is 10.7. The van der Waals surface area contributed by atoms with Gasteiger partial charge in [-0.25, -0.2) is 0 Å². The molecule has 0 aliphatic rings. The molecule has 1 aromatic carbocycles. The molecular formula is C13H18N4O. The fraction of sp³-hybridized carbons (Fsp3) is 0.385. The molecule has 0 aliphatic carbocycles. The van der Waals surface area contributed by atoms with Crippen LogP contribution in [0.15, 0.2) is 24.4 Å². The summed E-state index contributed by atoms with van der Waals surface area (Å²) < 4.78 is 0. The van der Waals surface area contributed by atoms with Crippen molar-refractivity contribution in [3.8, 4) is 0 Å². The smallest absolute Gasteiger partial charge is 0.244 e. The van der Waals surface area contributed by atoms with Crippen LogP contribution in [0.5, 0.6) is 0 Å². The third-order valence-corrected chi connectivity index (χ3v) is 2.99. The Kier molecular flexibility index (Phi) is 3.34. The van der Waals surface area contributed by atoms with E-state index in [0.717, 1.165) is 23.0 Å². The number of rotatable bonds is 4. The van der Waals surface area contributed by atoms with E-state index in [-0.39, 0.29) is 5.91 Å². The zero-order chi connectivity index (χ0) is 13.2. The van der Waals surface area contributed by atoms with Crippen molar-refractivity contribution in [2.75, 3.05) is 5.32 Å². The fourth-order valence-corrected chi connectivity index (χ4v) is 1.92. The van der Waals surface area contributed by atoms with Crippen molar-refractivity contribution in [1.29, 1.82) is 0 Å². The van der Waals surface area contributed by atoms with Gasteiger partial charge in [0, 0.05) is 11.1 Å². The van der Waals surface area contributed by atoms with Crippen molar-refractivity contribution < 1.29 is 4.79 Å². The van der Waals surface area contributed by atoms with Crippen molar-refractivity contribution in [2.24, 2.45) is 5.73 Å². The van der Waals surface area contributed by atoms with Gasteiger partial charge in [-0.2, -0.15) is 5.10 Å². The van der Waals surface area contributed by atoms with Gasteiger partial charge in [-0.1, -0.05) is 13.3 Å². The van der Waals surface area contributed by atoms with Crippen molar-refractivity contribution in [1.82, 2.24) is 10.2 Å². The highest BCUT2D eigenvalue weighted by atomic mass is 16.2. The number of anilines is 1. The molecule has 2 rings (SSSR count). The maximum absolute atomic E-state index is 12.0. The van der Waals surface area contributed by atoms with Gasteiger partial charge in [-0.15, -0.1) is 0 Å². The molecule has 0 radical (unpaired) electrons. The molecule has 0 aliphatic heterocycles. The van der Waals surface area contributed by atoms with Crippen molar-refractivity contribution >= 4 is 22.5 Å². The maximum atomic E-state index is 12.0. The van der Waals surface area contributed by atoms with Crippen LogP contribution in [0.3, 0.4) is 0 Å². The van der Waals surface area contributed by atoms with E-state index in [1.165, 1.54) is 0 Å². The van der Waals surface area contributed by atoms with Gasteiger partial charge in [0.15, 0.2) is 0 Å². The van der Waals surface area contributed by atoms with Crippen LogP contribution < -0.4 is 11.1 Å². The molecule has 1 amide bonds. The molecule has 1 heterocycles. The highest BCUT2D eigenvalue weighted by Gasteiger charge is 2.27. The summed E-state index contributed by atoms with van der Waals surface area (Å²) in [7, 11) is 0. The Bertz CT molecular complexity index is 559. The van der Waals surface area contributed by atoms with Crippen molar-refractivity contribution in [3.63, 3.8) is 0 Å². The number of aromatic nitrogens is 2. The highest BCUT2D eigenvalue weighted by Crippen LogP contribution is 2.18. The Labute approximate surface area is 106 Å². The van der Waals surface area contributed by atoms with E-state index in [2.05, 4.69) is 15.5 Å². The van der Waals surface area contributed by atoms with Crippen LogP contribution in [0, 0.1) is 0 Å². The minimum atomic E-state index is -0.836. The minimum Gasteiger partial charge on any atom is -0.324 e. The summed E-state index contributed by atoms with van der Waals surface area (Å²) in [5.74, 6) is -0.164. The predicted octanol–water partition coefficient (Wildman–Crippen LogP) is 2.02. The molecule has 4 N–H and O–H groups in total. The van der Waals surface area contributed by atoms with Gasteiger partial charge < -0.3 is 11.1 Å². The number of benzene rings is 1. The normalized spacial score (nSPS) is 14.4. The monoisotopic (exact) mass is 246 g/mol. The number of nitrogens with two attached hydrogens (primary N) is 1. The molecule has 0 saturated heterocycles. The van der Waals surface area contributed by atoms with Crippen molar-refractivity contribution in [2.45, 2.75) is 32.2 Å². The summed E-state index contributed by atoms with van der Waals surface area (Å²) in [5, 5.41) is 10.7. The lowest BCUT2D eigenvalue weighted by atomic mass is 9.96. The number of fused-ring (bicyclic) bond motifs is 1. The summed E-state index contributed by atoms with van der Waals surface area (Å²) in [5.41, 5.74) is 6.76. The number of carbonyl (C=O) groups excluding carboxylic acids is 1. The van der Waals surface area contributed by atoms with Crippen LogP contribution in [0.4, 0.5) is 5.69 Å². The first-order valence-electron chi connectivity index (χ1n) is 6.06. The topological polar surface area (TPSA) is 83.8 Å². The first-order chi connectivity index (χ1) is 8.53. The Morgan fingerprint density at radius 3 is 3.06 bits per heavy atom. The van der Waals surface area contributed by atoms with Gasteiger partial charge in [0.25, 0.3) is 0 Å². The lowest BCUT2D eigenvalue weighted by Crippen LogP contribution is -2.48. The molecule has 0 bridgehead atoms. The SMILES string of the molecule is CCCC(C)(N)C(=O)Nc1ccc2cn[nH]c2c1. The summed E-state index contributed by atoms with van der Waals surface area (Å²) in [6, 6.07) is 5.60. The van der Waals surface area contributed by atoms with Gasteiger partial charge in [0.1, 0.15) is 0 Å². The number of carbonyl (C=O) groups is 1. The third kappa shape index (κ3) is 2.51. The molecule has 0 saturated carbocycles. The van der Waals surface area contributed by atoms with E-state index in [4.69, 9.17) is 5.73 Å². The van der Waals surface area contributed by atoms with E-state index >= 15 is 0 Å². The maximum Gasteiger partial charge on any atom is 0.244 e. The minimum absolute atomic E-state index is 0.164. The summed E-state index contributed by atoms with van der Waals surface area (Å²) in [6.45, 7) is 3.76. The second kappa shape index (κ2) is 4.78. The van der Waals surface area contributed by atoms with E-state index in [1.54, 1.807) is 13.1 Å². The third-order valence-electron chi connectivity index (χ3n) is 2.99. The largest absolute Gasteiger partial charge is 0.324 e. The second-order valence-corrected chi connectivity index (χ2v) is 4.79. The lowest BCUT2D eigenvalue weighted by Gasteiger charge is -2.22. The Hall–Kier alpha value is -1.88. The molecule has 1 unspecified atom stereocenters. The van der Waals surface area contributed by atoms with E-state index in [1.807, 2.05) is 25.1 Å².